The molecule has 1 fully saturated rings. The number of piperazine rings is 1. The van der Waals surface area contributed by atoms with Gasteiger partial charge in [0.05, 0.1) is 0 Å². The molecule has 2 unspecified atom stereocenters. The summed E-state index contributed by atoms with van der Waals surface area (Å²) in [7, 11) is 0. The van der Waals surface area contributed by atoms with Crippen molar-refractivity contribution >= 4 is 5.91 Å². The van der Waals surface area contributed by atoms with Crippen molar-refractivity contribution in [3.63, 3.8) is 0 Å². The van der Waals surface area contributed by atoms with E-state index in [1.54, 1.807) is 12.3 Å². The summed E-state index contributed by atoms with van der Waals surface area (Å²) in [5, 5.41) is 3.49. The molecule has 4 nitrogen and oxygen atoms in total. The Hall–Kier alpha value is -1.42. The van der Waals surface area contributed by atoms with Crippen LogP contribution in [0, 0.1) is 0 Å². The molecule has 1 aliphatic heterocycles. The minimum atomic E-state index is 0.0578. The van der Waals surface area contributed by atoms with Gasteiger partial charge in [-0.2, -0.15) is 0 Å². The second-order valence-corrected chi connectivity index (χ2v) is 4.75. The predicted molar refractivity (Wildman–Crippen MR) is 71.4 cm³/mol. The summed E-state index contributed by atoms with van der Waals surface area (Å²) in [4.78, 5) is 18.6. The molecule has 2 heterocycles. The van der Waals surface area contributed by atoms with Crippen molar-refractivity contribution in [1.29, 1.82) is 0 Å². The molecule has 0 aliphatic carbocycles. The lowest BCUT2D eigenvalue weighted by molar-refractivity contribution is 0.0570. The van der Waals surface area contributed by atoms with Gasteiger partial charge in [0.15, 0.2) is 0 Å². The van der Waals surface area contributed by atoms with Gasteiger partial charge in [-0.25, -0.2) is 0 Å². The third-order valence-electron chi connectivity index (χ3n) is 3.61. The highest BCUT2D eigenvalue weighted by Crippen LogP contribution is 2.15. The average molecular weight is 247 g/mol. The molecule has 98 valence electrons. The maximum absolute atomic E-state index is 12.5. The molecule has 18 heavy (non-hydrogen) atoms. The molecular formula is C14H21N3O. The van der Waals surface area contributed by atoms with Gasteiger partial charge in [0.2, 0.25) is 0 Å². The fourth-order valence-electron chi connectivity index (χ4n) is 2.39. The van der Waals surface area contributed by atoms with Gasteiger partial charge < -0.3 is 10.2 Å². The normalized spacial score (nSPS) is 24.0. The largest absolute Gasteiger partial charge is 0.332 e. The summed E-state index contributed by atoms with van der Waals surface area (Å²) in [6.45, 7) is 5.93. The van der Waals surface area contributed by atoms with Gasteiger partial charge >= 0.3 is 0 Å². The molecule has 4 heteroatoms. The molecule has 1 aromatic rings. The van der Waals surface area contributed by atoms with Crippen molar-refractivity contribution < 1.29 is 4.79 Å². The second-order valence-electron chi connectivity index (χ2n) is 4.75. The lowest BCUT2D eigenvalue weighted by atomic mass is 10.0. The van der Waals surface area contributed by atoms with Gasteiger partial charge in [0, 0.05) is 31.4 Å². The van der Waals surface area contributed by atoms with Crippen LogP contribution in [-0.4, -0.2) is 41.0 Å². The summed E-state index contributed by atoms with van der Waals surface area (Å²) in [5.41, 5.74) is 0.549. The molecule has 0 aromatic carbocycles. The van der Waals surface area contributed by atoms with E-state index in [1.165, 1.54) is 0 Å². The molecule has 0 bridgehead atoms. The van der Waals surface area contributed by atoms with E-state index in [9.17, 15) is 4.79 Å². The monoisotopic (exact) mass is 247 g/mol. The number of hydrogen-bond acceptors (Lipinski definition) is 3. The molecular weight excluding hydrogens is 226 g/mol. The number of amides is 1. The molecule has 1 aliphatic rings. The van der Waals surface area contributed by atoms with Crippen molar-refractivity contribution in [2.24, 2.45) is 0 Å². The van der Waals surface area contributed by atoms with E-state index >= 15 is 0 Å². The molecule has 0 saturated carbocycles. The Balaban J connectivity index is 2.15. The number of hydrogen-bond donors (Lipinski definition) is 1. The van der Waals surface area contributed by atoms with Crippen molar-refractivity contribution in [3.05, 3.63) is 30.1 Å². The van der Waals surface area contributed by atoms with Crippen LogP contribution in [0.1, 0.15) is 37.2 Å². The summed E-state index contributed by atoms with van der Waals surface area (Å²) >= 11 is 0. The number of carbonyl (C=O) groups is 1. The van der Waals surface area contributed by atoms with Gasteiger partial charge in [-0.05, 0) is 25.0 Å². The first-order valence-corrected chi connectivity index (χ1v) is 6.71. The Bertz CT molecular complexity index is 393. The maximum atomic E-state index is 12.5. The summed E-state index contributed by atoms with van der Waals surface area (Å²) in [5.74, 6) is 0.0578. The fourth-order valence-corrected chi connectivity index (χ4v) is 2.39. The van der Waals surface area contributed by atoms with Crippen LogP contribution in [0.25, 0.3) is 0 Å². The number of pyridine rings is 1. The number of carbonyl (C=O) groups excluding carboxylic acids is 1. The summed E-state index contributed by atoms with van der Waals surface area (Å²) in [6.07, 6.45) is 3.69. The lowest BCUT2D eigenvalue weighted by Crippen LogP contribution is -2.58. The Morgan fingerprint density at radius 3 is 2.89 bits per heavy atom. The zero-order valence-electron chi connectivity index (χ0n) is 11.1. The van der Waals surface area contributed by atoms with E-state index in [1.807, 2.05) is 17.0 Å². The third kappa shape index (κ3) is 2.70. The molecule has 2 rings (SSSR count). The molecule has 0 spiro atoms. The van der Waals surface area contributed by atoms with Crippen LogP contribution in [0.2, 0.25) is 0 Å². The van der Waals surface area contributed by atoms with E-state index in [0.29, 0.717) is 11.7 Å². The number of nitrogens with one attached hydrogen (secondary N) is 1. The Kier molecular flexibility index (Phi) is 4.31. The highest BCUT2D eigenvalue weighted by molar-refractivity contribution is 5.92. The van der Waals surface area contributed by atoms with Gasteiger partial charge in [0.1, 0.15) is 5.69 Å². The Morgan fingerprint density at radius 1 is 1.44 bits per heavy atom. The average Bonchev–Trinajstić information content (AvgIpc) is 2.46. The topological polar surface area (TPSA) is 45.2 Å². The number of aromatic nitrogens is 1. The van der Waals surface area contributed by atoms with E-state index in [-0.39, 0.29) is 11.9 Å². The molecule has 1 aromatic heterocycles. The minimum absolute atomic E-state index is 0.0578. The van der Waals surface area contributed by atoms with Crippen LogP contribution in [0.4, 0.5) is 0 Å². The number of rotatable bonds is 3. The standard InChI is InChI=1S/C14H21N3O/c1-3-11-10-17(12(4-2)9-16-11)14(18)13-7-5-6-8-15-13/h5-8,11-12,16H,3-4,9-10H2,1-2H3. The van der Waals surface area contributed by atoms with Gasteiger partial charge in [0.25, 0.3) is 5.91 Å². The predicted octanol–water partition coefficient (Wildman–Crippen LogP) is 1.68. The molecule has 0 radical (unpaired) electrons. The summed E-state index contributed by atoms with van der Waals surface area (Å²) in [6, 6.07) is 6.17. The van der Waals surface area contributed by atoms with Crippen LogP contribution < -0.4 is 5.32 Å². The molecule has 1 N–H and O–H groups in total. The van der Waals surface area contributed by atoms with Crippen LogP contribution >= 0.6 is 0 Å². The highest BCUT2D eigenvalue weighted by Gasteiger charge is 2.30. The van der Waals surface area contributed by atoms with Gasteiger partial charge in [-0.15, -0.1) is 0 Å². The highest BCUT2D eigenvalue weighted by atomic mass is 16.2. The van der Waals surface area contributed by atoms with Crippen LogP contribution in [0.5, 0.6) is 0 Å². The second kappa shape index (κ2) is 5.96. The van der Waals surface area contributed by atoms with Crippen molar-refractivity contribution in [2.75, 3.05) is 13.1 Å². The third-order valence-corrected chi connectivity index (χ3v) is 3.61. The van der Waals surface area contributed by atoms with Crippen LogP contribution in [0.15, 0.2) is 24.4 Å². The van der Waals surface area contributed by atoms with Crippen LogP contribution in [0.3, 0.4) is 0 Å². The Morgan fingerprint density at radius 2 is 2.28 bits per heavy atom. The van der Waals surface area contributed by atoms with Crippen molar-refractivity contribution in [2.45, 2.75) is 38.8 Å². The molecule has 1 saturated heterocycles. The van der Waals surface area contributed by atoms with Crippen molar-refractivity contribution in [3.8, 4) is 0 Å². The quantitative estimate of drug-likeness (QED) is 0.884. The minimum Gasteiger partial charge on any atom is -0.332 e. The SMILES string of the molecule is CCC1CN(C(=O)c2ccccn2)C(CC)CN1. The van der Waals surface area contributed by atoms with E-state index in [2.05, 4.69) is 24.1 Å². The smallest absolute Gasteiger partial charge is 0.272 e. The van der Waals surface area contributed by atoms with E-state index < -0.39 is 0 Å². The fraction of sp³-hybridized carbons (Fsp3) is 0.571. The lowest BCUT2D eigenvalue weighted by Gasteiger charge is -2.39. The van der Waals surface area contributed by atoms with Gasteiger partial charge in [-0.3, -0.25) is 9.78 Å². The first-order chi connectivity index (χ1) is 8.76. The van der Waals surface area contributed by atoms with E-state index in [0.717, 1.165) is 25.9 Å². The van der Waals surface area contributed by atoms with Gasteiger partial charge in [-0.1, -0.05) is 19.9 Å². The Labute approximate surface area is 108 Å². The first-order valence-electron chi connectivity index (χ1n) is 6.71. The van der Waals surface area contributed by atoms with Crippen LogP contribution in [-0.2, 0) is 0 Å². The zero-order valence-corrected chi connectivity index (χ0v) is 11.1. The molecule has 1 amide bonds. The summed E-state index contributed by atoms with van der Waals surface area (Å²) < 4.78 is 0. The first kappa shape index (κ1) is 13.0. The zero-order chi connectivity index (χ0) is 13.0. The maximum Gasteiger partial charge on any atom is 0.272 e. The molecule has 2 atom stereocenters. The van der Waals surface area contributed by atoms with Crippen molar-refractivity contribution in [1.82, 2.24) is 15.2 Å². The number of nitrogens with zero attached hydrogens (tertiary/aromatic N) is 2. The van der Waals surface area contributed by atoms with E-state index in [4.69, 9.17) is 0 Å².